The van der Waals surface area contributed by atoms with Crippen molar-refractivity contribution < 1.29 is 22.8 Å². The van der Waals surface area contributed by atoms with E-state index >= 15 is 0 Å². The van der Waals surface area contributed by atoms with Gasteiger partial charge in [-0.2, -0.15) is 13.2 Å². The highest BCUT2D eigenvalue weighted by atomic mass is 19.4. The molecule has 0 spiro atoms. The predicted octanol–water partition coefficient (Wildman–Crippen LogP) is 4.02. The summed E-state index contributed by atoms with van der Waals surface area (Å²) >= 11 is 0. The minimum atomic E-state index is -4.54. The number of aromatic nitrogens is 1. The lowest BCUT2D eigenvalue weighted by Crippen LogP contribution is -2.42. The number of fused-ring (bicyclic) bond motifs is 1. The lowest BCUT2D eigenvalue weighted by molar-refractivity contribution is -0.140. The number of carbonyl (C=O) groups excluding carboxylic acids is 2. The first-order valence-electron chi connectivity index (χ1n) is 10.1. The maximum Gasteiger partial charge on any atom is 0.433 e. The zero-order valence-electron chi connectivity index (χ0n) is 16.6. The minimum absolute atomic E-state index is 0.0278. The van der Waals surface area contributed by atoms with Crippen LogP contribution in [0, 0.1) is 0 Å². The van der Waals surface area contributed by atoms with Crippen LogP contribution in [-0.4, -0.2) is 35.1 Å². The van der Waals surface area contributed by atoms with Crippen LogP contribution in [0.4, 0.5) is 18.9 Å². The second kappa shape index (κ2) is 8.49. The third-order valence-electron chi connectivity index (χ3n) is 5.50. The molecule has 31 heavy (non-hydrogen) atoms. The summed E-state index contributed by atoms with van der Waals surface area (Å²) < 4.78 is 39.9. The first kappa shape index (κ1) is 21.0. The maximum absolute atomic E-state index is 13.3. The molecular formula is C22H21F3N4O2. The number of benzene rings is 1. The number of amides is 2. The number of allylic oxidation sites excluding steroid dienone is 1. The van der Waals surface area contributed by atoms with Crippen LogP contribution in [-0.2, 0) is 15.8 Å². The number of rotatable bonds is 4. The number of nitrogens with one attached hydrogen (secondary N) is 2. The molecule has 2 heterocycles. The van der Waals surface area contributed by atoms with Crippen molar-refractivity contribution in [3.63, 3.8) is 0 Å². The van der Waals surface area contributed by atoms with E-state index in [0.29, 0.717) is 23.1 Å². The lowest BCUT2D eigenvalue weighted by Gasteiger charge is -2.31. The number of alkyl halides is 3. The monoisotopic (exact) mass is 430 g/mol. The lowest BCUT2D eigenvalue weighted by atomic mass is 9.90. The van der Waals surface area contributed by atoms with Gasteiger partial charge in [-0.1, -0.05) is 18.2 Å². The maximum atomic E-state index is 13.3. The zero-order valence-corrected chi connectivity index (χ0v) is 16.6. The van der Waals surface area contributed by atoms with Crippen molar-refractivity contribution in [2.75, 3.05) is 5.32 Å². The summed E-state index contributed by atoms with van der Waals surface area (Å²) in [5, 5.41) is 6.81. The number of aliphatic imine (C=N–C) groups is 1. The number of hydrogen-bond acceptors (Lipinski definition) is 4. The standard InChI is InChI=1S/C22H21F3N4O2/c23-22(24,25)19-12-18(16-6-1-2-7-17(16)29-19)27-14-4-3-5-15(11-14)28-21(31)13-8-9-26-20(30)10-13/h1-2,6-9,12,14-15H,3-5,10-11H2,(H,27,29)(H,28,31)/t14-,15+/m0/s1. The number of carbonyl (C=O) groups is 2. The Morgan fingerprint density at radius 3 is 2.68 bits per heavy atom. The van der Waals surface area contributed by atoms with Crippen LogP contribution < -0.4 is 10.6 Å². The Kier molecular flexibility index (Phi) is 5.75. The molecule has 1 aromatic carbocycles. The second-order valence-corrected chi connectivity index (χ2v) is 7.79. The number of dihydropyridines is 1. The molecule has 4 rings (SSSR count). The average Bonchev–Trinajstić information content (AvgIpc) is 2.73. The Hall–Kier alpha value is -3.23. The first-order valence-corrected chi connectivity index (χ1v) is 10.1. The van der Waals surface area contributed by atoms with E-state index in [-0.39, 0.29) is 35.8 Å². The Labute approximate surface area is 176 Å². The van der Waals surface area contributed by atoms with E-state index in [9.17, 15) is 22.8 Å². The molecule has 162 valence electrons. The van der Waals surface area contributed by atoms with Gasteiger partial charge in [-0.3, -0.25) is 9.59 Å². The third kappa shape index (κ3) is 4.92. The molecule has 1 fully saturated rings. The van der Waals surface area contributed by atoms with Crippen LogP contribution in [0.5, 0.6) is 0 Å². The quantitative estimate of drug-likeness (QED) is 0.768. The van der Waals surface area contributed by atoms with E-state index in [4.69, 9.17) is 0 Å². The van der Waals surface area contributed by atoms with Crippen molar-refractivity contribution in [2.45, 2.75) is 50.4 Å². The van der Waals surface area contributed by atoms with Gasteiger partial charge in [-0.15, -0.1) is 0 Å². The highest BCUT2D eigenvalue weighted by Crippen LogP contribution is 2.34. The van der Waals surface area contributed by atoms with Crippen LogP contribution in [0.15, 0.2) is 47.0 Å². The van der Waals surface area contributed by atoms with E-state index in [0.717, 1.165) is 25.3 Å². The van der Waals surface area contributed by atoms with Crippen molar-refractivity contribution >= 4 is 34.6 Å². The van der Waals surface area contributed by atoms with Crippen molar-refractivity contribution in [1.82, 2.24) is 10.3 Å². The summed E-state index contributed by atoms with van der Waals surface area (Å²) in [5.74, 6) is -0.667. The van der Waals surface area contributed by atoms with Crippen LogP contribution in [0.1, 0.15) is 37.8 Å². The van der Waals surface area contributed by atoms with Gasteiger partial charge in [0.15, 0.2) is 0 Å². The summed E-state index contributed by atoms with van der Waals surface area (Å²) in [5.41, 5.74) is 0.0812. The molecule has 2 N–H and O–H groups in total. The molecule has 2 aliphatic rings. The Balaban J connectivity index is 1.49. The summed E-state index contributed by atoms with van der Waals surface area (Å²) in [6.07, 6.45) is 1.20. The molecular weight excluding hydrogens is 409 g/mol. The zero-order chi connectivity index (χ0) is 22.0. The van der Waals surface area contributed by atoms with Crippen molar-refractivity contribution in [3.8, 4) is 0 Å². The fourth-order valence-electron chi connectivity index (χ4n) is 4.02. The summed E-state index contributed by atoms with van der Waals surface area (Å²) in [4.78, 5) is 31.2. The van der Waals surface area contributed by atoms with Crippen LogP contribution in [0.25, 0.3) is 10.9 Å². The average molecular weight is 430 g/mol. The topological polar surface area (TPSA) is 83.5 Å². The number of hydrogen-bond donors (Lipinski definition) is 2. The minimum Gasteiger partial charge on any atom is -0.382 e. The fraction of sp³-hybridized carbons (Fsp3) is 0.364. The molecule has 9 heteroatoms. The number of para-hydroxylation sites is 1. The summed E-state index contributed by atoms with van der Waals surface area (Å²) in [7, 11) is 0. The SMILES string of the molecule is O=C1CC(C(=O)N[C@@H]2CCC[C@H](Nc3cc(C(F)(F)F)nc4ccccc34)C2)=CC=N1. The van der Waals surface area contributed by atoms with E-state index in [2.05, 4.69) is 20.6 Å². The van der Waals surface area contributed by atoms with Crippen molar-refractivity contribution in [1.29, 1.82) is 0 Å². The van der Waals surface area contributed by atoms with Gasteiger partial charge in [-0.25, -0.2) is 9.98 Å². The van der Waals surface area contributed by atoms with Gasteiger partial charge < -0.3 is 10.6 Å². The van der Waals surface area contributed by atoms with Gasteiger partial charge in [0.05, 0.1) is 11.9 Å². The Morgan fingerprint density at radius 2 is 1.90 bits per heavy atom. The number of halogens is 3. The van der Waals surface area contributed by atoms with Crippen LogP contribution in [0.3, 0.4) is 0 Å². The molecule has 1 saturated carbocycles. The molecule has 1 aliphatic carbocycles. The highest BCUT2D eigenvalue weighted by molar-refractivity contribution is 6.06. The van der Waals surface area contributed by atoms with Gasteiger partial charge in [0, 0.05) is 34.9 Å². The molecule has 2 atom stereocenters. The third-order valence-corrected chi connectivity index (χ3v) is 5.50. The van der Waals surface area contributed by atoms with E-state index < -0.39 is 11.9 Å². The molecule has 0 radical (unpaired) electrons. The molecule has 2 aromatic rings. The van der Waals surface area contributed by atoms with Gasteiger partial charge in [-0.05, 0) is 43.9 Å². The number of anilines is 1. The fourth-order valence-corrected chi connectivity index (χ4v) is 4.02. The Bertz CT molecular complexity index is 1080. The molecule has 0 unspecified atom stereocenters. The second-order valence-electron chi connectivity index (χ2n) is 7.79. The van der Waals surface area contributed by atoms with E-state index in [1.54, 1.807) is 24.3 Å². The number of nitrogens with zero attached hydrogens (tertiary/aromatic N) is 2. The number of pyridine rings is 1. The smallest absolute Gasteiger partial charge is 0.382 e. The molecule has 1 aromatic heterocycles. The van der Waals surface area contributed by atoms with Gasteiger partial charge >= 0.3 is 6.18 Å². The highest BCUT2D eigenvalue weighted by Gasteiger charge is 2.34. The van der Waals surface area contributed by atoms with E-state index in [1.165, 1.54) is 12.3 Å². The van der Waals surface area contributed by atoms with E-state index in [1.807, 2.05) is 0 Å². The molecule has 6 nitrogen and oxygen atoms in total. The molecule has 0 bridgehead atoms. The Morgan fingerprint density at radius 1 is 1.13 bits per heavy atom. The summed E-state index contributed by atoms with van der Waals surface area (Å²) in [6, 6.07) is 7.51. The van der Waals surface area contributed by atoms with Crippen molar-refractivity contribution in [2.24, 2.45) is 4.99 Å². The molecule has 0 saturated heterocycles. The molecule has 1 aliphatic heterocycles. The van der Waals surface area contributed by atoms with Crippen LogP contribution >= 0.6 is 0 Å². The van der Waals surface area contributed by atoms with Gasteiger partial charge in [0.2, 0.25) is 11.8 Å². The van der Waals surface area contributed by atoms with Crippen LogP contribution in [0.2, 0.25) is 0 Å². The molecule has 2 amide bonds. The summed E-state index contributed by atoms with van der Waals surface area (Å²) in [6.45, 7) is 0. The predicted molar refractivity (Wildman–Crippen MR) is 111 cm³/mol. The van der Waals surface area contributed by atoms with Gasteiger partial charge in [0.1, 0.15) is 5.69 Å². The van der Waals surface area contributed by atoms with Crippen molar-refractivity contribution in [3.05, 3.63) is 47.7 Å². The normalized spacial score (nSPS) is 21.6. The largest absolute Gasteiger partial charge is 0.433 e. The first-order chi connectivity index (χ1) is 14.8. The van der Waals surface area contributed by atoms with Gasteiger partial charge in [0.25, 0.3) is 0 Å².